The van der Waals surface area contributed by atoms with Crippen molar-refractivity contribution in [3.05, 3.63) is 58.7 Å². The summed E-state index contributed by atoms with van der Waals surface area (Å²) in [4.78, 5) is 19.2. The van der Waals surface area contributed by atoms with Gasteiger partial charge in [-0.05, 0) is 43.5 Å². The van der Waals surface area contributed by atoms with Crippen LogP contribution in [0.5, 0.6) is 0 Å². The molecule has 0 aliphatic heterocycles. The first-order valence-corrected chi connectivity index (χ1v) is 8.30. The molecule has 1 aliphatic rings. The average molecular weight is 339 g/mol. The summed E-state index contributed by atoms with van der Waals surface area (Å²) in [7, 11) is 1.73. The lowest BCUT2D eigenvalue weighted by atomic mass is 10.1. The molecule has 1 aliphatic carbocycles. The van der Waals surface area contributed by atoms with Crippen LogP contribution >= 0.6 is 0 Å². The predicted molar refractivity (Wildman–Crippen MR) is 90.7 cm³/mol. The van der Waals surface area contributed by atoms with Crippen molar-refractivity contribution in [2.24, 2.45) is 0 Å². The summed E-state index contributed by atoms with van der Waals surface area (Å²) in [5, 5.41) is 4.63. The highest BCUT2D eigenvalue weighted by Gasteiger charge is 2.29. The fourth-order valence-electron chi connectivity index (χ4n) is 3.01. The molecular weight excluding hydrogens is 321 g/mol. The van der Waals surface area contributed by atoms with Gasteiger partial charge in [0.1, 0.15) is 5.82 Å². The maximum Gasteiger partial charge on any atom is 0.259 e. The molecule has 5 nitrogen and oxygen atoms in total. The van der Waals surface area contributed by atoms with Crippen molar-refractivity contribution in [1.82, 2.24) is 15.0 Å². The Morgan fingerprint density at radius 2 is 2.04 bits per heavy atom. The summed E-state index contributed by atoms with van der Waals surface area (Å²) >= 11 is 0. The molecule has 0 atom stereocenters. The van der Waals surface area contributed by atoms with Crippen LogP contribution in [-0.4, -0.2) is 28.0 Å². The topological polar surface area (TPSA) is 59.2 Å². The minimum atomic E-state index is -0.289. The number of fused-ring (bicyclic) bond motifs is 1. The molecule has 2 heterocycles. The van der Waals surface area contributed by atoms with Gasteiger partial charge in [0.2, 0.25) is 0 Å². The van der Waals surface area contributed by atoms with Gasteiger partial charge in [0.15, 0.2) is 0 Å². The van der Waals surface area contributed by atoms with Gasteiger partial charge >= 0.3 is 0 Å². The SMILES string of the molecule is Cc1noc2nc(C3CC3)cc(C(=O)N(C)Cc3ccc(F)cc3)c12. The van der Waals surface area contributed by atoms with Crippen molar-refractivity contribution in [2.75, 3.05) is 7.05 Å². The molecule has 4 rings (SSSR count). The Morgan fingerprint density at radius 3 is 2.72 bits per heavy atom. The maximum absolute atomic E-state index is 13.1. The van der Waals surface area contributed by atoms with E-state index in [9.17, 15) is 9.18 Å². The fourth-order valence-corrected chi connectivity index (χ4v) is 3.01. The summed E-state index contributed by atoms with van der Waals surface area (Å²) in [5.41, 5.74) is 3.40. The Balaban J connectivity index is 1.68. The monoisotopic (exact) mass is 339 g/mol. The number of hydrogen-bond donors (Lipinski definition) is 0. The lowest BCUT2D eigenvalue weighted by Gasteiger charge is -2.18. The first kappa shape index (κ1) is 15.7. The Hall–Kier alpha value is -2.76. The highest BCUT2D eigenvalue weighted by atomic mass is 19.1. The summed E-state index contributed by atoms with van der Waals surface area (Å²) in [6.45, 7) is 2.20. The molecule has 0 radical (unpaired) electrons. The van der Waals surface area contributed by atoms with Crippen LogP contribution in [0.15, 0.2) is 34.9 Å². The van der Waals surface area contributed by atoms with Crippen LogP contribution in [0, 0.1) is 12.7 Å². The zero-order valence-electron chi connectivity index (χ0n) is 14.1. The average Bonchev–Trinajstić information content (AvgIpc) is 3.39. The van der Waals surface area contributed by atoms with Gasteiger partial charge in [0, 0.05) is 25.2 Å². The van der Waals surface area contributed by atoms with Gasteiger partial charge in [-0.1, -0.05) is 17.3 Å². The second-order valence-electron chi connectivity index (χ2n) is 6.60. The zero-order chi connectivity index (χ0) is 17.6. The second-order valence-corrected chi connectivity index (χ2v) is 6.60. The highest BCUT2D eigenvalue weighted by molar-refractivity contribution is 6.06. The van der Waals surface area contributed by atoms with Gasteiger partial charge in [-0.15, -0.1) is 0 Å². The van der Waals surface area contributed by atoms with E-state index < -0.39 is 0 Å². The lowest BCUT2D eigenvalue weighted by molar-refractivity contribution is 0.0786. The Bertz CT molecular complexity index is 945. The van der Waals surface area contributed by atoms with Gasteiger partial charge in [0.25, 0.3) is 11.6 Å². The maximum atomic E-state index is 13.1. The molecule has 0 bridgehead atoms. The zero-order valence-corrected chi connectivity index (χ0v) is 14.1. The molecular formula is C19H18FN3O2. The number of amides is 1. The molecule has 3 aromatic rings. The van der Waals surface area contributed by atoms with E-state index in [1.54, 1.807) is 31.0 Å². The normalized spacial score (nSPS) is 14.0. The summed E-state index contributed by atoms with van der Waals surface area (Å²) in [6.07, 6.45) is 2.18. The molecule has 1 saturated carbocycles. The number of benzene rings is 1. The van der Waals surface area contributed by atoms with Crippen molar-refractivity contribution in [1.29, 1.82) is 0 Å². The van der Waals surface area contributed by atoms with Crippen LogP contribution in [0.25, 0.3) is 11.1 Å². The molecule has 1 aromatic carbocycles. The van der Waals surface area contributed by atoms with Crippen LogP contribution in [0.3, 0.4) is 0 Å². The molecule has 6 heteroatoms. The third-order valence-electron chi connectivity index (χ3n) is 4.54. The Kier molecular flexibility index (Phi) is 3.75. The third kappa shape index (κ3) is 2.99. The van der Waals surface area contributed by atoms with E-state index in [0.29, 0.717) is 34.8 Å². The third-order valence-corrected chi connectivity index (χ3v) is 4.54. The summed E-state index contributed by atoms with van der Waals surface area (Å²) in [5.74, 6) is -0.00331. The molecule has 25 heavy (non-hydrogen) atoms. The van der Waals surface area contributed by atoms with E-state index in [-0.39, 0.29) is 11.7 Å². The van der Waals surface area contributed by atoms with Crippen molar-refractivity contribution in [2.45, 2.75) is 32.2 Å². The van der Waals surface area contributed by atoms with Crippen LogP contribution in [0.2, 0.25) is 0 Å². The first-order chi connectivity index (χ1) is 12.0. The number of carbonyl (C=O) groups excluding carboxylic acids is 1. The molecule has 1 amide bonds. The highest BCUT2D eigenvalue weighted by Crippen LogP contribution is 2.40. The molecule has 128 valence electrons. The van der Waals surface area contributed by atoms with E-state index in [0.717, 1.165) is 24.1 Å². The van der Waals surface area contributed by atoms with Crippen molar-refractivity contribution >= 4 is 17.0 Å². The number of carbonyl (C=O) groups is 1. The van der Waals surface area contributed by atoms with E-state index in [1.807, 2.05) is 6.07 Å². The Morgan fingerprint density at radius 1 is 1.32 bits per heavy atom. The summed E-state index contributed by atoms with van der Waals surface area (Å²) in [6, 6.07) is 8.03. The Labute approximate surface area is 144 Å². The predicted octanol–water partition coefficient (Wildman–Crippen LogP) is 3.82. The molecule has 0 spiro atoms. The van der Waals surface area contributed by atoms with E-state index in [4.69, 9.17) is 4.52 Å². The molecule has 1 fully saturated rings. The van der Waals surface area contributed by atoms with Gasteiger partial charge in [-0.3, -0.25) is 4.79 Å². The van der Waals surface area contributed by atoms with Crippen molar-refractivity contribution in [3.8, 4) is 0 Å². The van der Waals surface area contributed by atoms with E-state index >= 15 is 0 Å². The number of pyridine rings is 1. The molecule has 2 aromatic heterocycles. The van der Waals surface area contributed by atoms with Crippen molar-refractivity contribution in [3.63, 3.8) is 0 Å². The second kappa shape index (κ2) is 5.95. The van der Waals surface area contributed by atoms with E-state index in [2.05, 4.69) is 10.1 Å². The van der Waals surface area contributed by atoms with Crippen LogP contribution in [0.4, 0.5) is 4.39 Å². The van der Waals surface area contributed by atoms with Gasteiger partial charge in [0.05, 0.1) is 16.6 Å². The minimum Gasteiger partial charge on any atom is -0.337 e. The number of halogens is 1. The van der Waals surface area contributed by atoms with Crippen LogP contribution in [0.1, 0.15) is 46.1 Å². The van der Waals surface area contributed by atoms with Crippen LogP contribution in [-0.2, 0) is 6.54 Å². The van der Waals surface area contributed by atoms with Crippen molar-refractivity contribution < 1.29 is 13.7 Å². The number of rotatable bonds is 4. The number of aromatic nitrogens is 2. The largest absolute Gasteiger partial charge is 0.337 e. The van der Waals surface area contributed by atoms with Gasteiger partial charge in [-0.25, -0.2) is 9.37 Å². The first-order valence-electron chi connectivity index (χ1n) is 8.30. The fraction of sp³-hybridized carbons (Fsp3) is 0.316. The standard InChI is InChI=1S/C19H18FN3O2/c1-11-17-15(9-16(13-5-6-13)21-18(17)25-22-11)19(24)23(2)10-12-3-7-14(20)8-4-12/h3-4,7-9,13H,5-6,10H2,1-2H3. The minimum absolute atomic E-state index is 0.120. The summed E-state index contributed by atoms with van der Waals surface area (Å²) < 4.78 is 18.3. The van der Waals surface area contributed by atoms with Crippen LogP contribution < -0.4 is 0 Å². The van der Waals surface area contributed by atoms with Gasteiger partial charge < -0.3 is 9.42 Å². The smallest absolute Gasteiger partial charge is 0.259 e. The number of hydrogen-bond acceptors (Lipinski definition) is 4. The van der Waals surface area contributed by atoms with E-state index in [1.165, 1.54) is 12.1 Å². The quantitative estimate of drug-likeness (QED) is 0.725. The molecule has 0 N–H and O–H groups in total. The number of nitrogens with zero attached hydrogens (tertiary/aromatic N) is 3. The molecule has 0 unspecified atom stereocenters. The number of aryl methyl sites for hydroxylation is 1. The lowest BCUT2D eigenvalue weighted by Crippen LogP contribution is -2.26. The molecule has 0 saturated heterocycles. The van der Waals surface area contributed by atoms with Gasteiger partial charge in [-0.2, -0.15) is 0 Å².